The highest BCUT2D eigenvalue weighted by atomic mass is 16.6. The molecule has 23 heavy (non-hydrogen) atoms. The largest absolute Gasteiger partial charge is 0.481 e. The molecule has 1 unspecified atom stereocenters. The molecule has 0 radical (unpaired) electrons. The van der Waals surface area contributed by atoms with Gasteiger partial charge in [0, 0.05) is 6.92 Å². The third-order valence-corrected chi connectivity index (χ3v) is 2.80. The van der Waals surface area contributed by atoms with E-state index >= 15 is 0 Å². The fourth-order valence-corrected chi connectivity index (χ4v) is 1.58. The number of Topliss-reactive ketones (excluding diaryl/α,β-unsaturated/α-hetero) is 1. The van der Waals surface area contributed by atoms with Crippen LogP contribution in [-0.4, -0.2) is 85.4 Å². The Morgan fingerprint density at radius 3 is 1.91 bits per heavy atom. The van der Waals surface area contributed by atoms with Gasteiger partial charge in [-0.3, -0.25) is 19.2 Å². The summed E-state index contributed by atoms with van der Waals surface area (Å²) in [5.41, 5.74) is 0. The molecule has 0 aliphatic heterocycles. The van der Waals surface area contributed by atoms with Crippen molar-refractivity contribution in [3.63, 3.8) is 0 Å². The van der Waals surface area contributed by atoms with Gasteiger partial charge in [-0.05, 0) is 0 Å². The van der Waals surface area contributed by atoms with Crippen LogP contribution in [0.25, 0.3) is 0 Å². The van der Waals surface area contributed by atoms with Crippen LogP contribution < -0.4 is 0 Å². The van der Waals surface area contributed by atoms with Crippen LogP contribution in [0.1, 0.15) is 13.3 Å². The van der Waals surface area contributed by atoms with Gasteiger partial charge in [0.25, 0.3) is 0 Å². The van der Waals surface area contributed by atoms with Crippen molar-refractivity contribution in [2.24, 2.45) is 5.92 Å². The summed E-state index contributed by atoms with van der Waals surface area (Å²) in [5.74, 6) is -7.94. The van der Waals surface area contributed by atoms with Gasteiger partial charge in [0.1, 0.15) is 30.3 Å². The van der Waals surface area contributed by atoms with E-state index in [4.69, 9.17) is 15.3 Å². The minimum absolute atomic E-state index is 0.826. The fraction of sp³-hybridized carbons (Fsp3) is 0.667. The molecule has 11 nitrogen and oxygen atoms in total. The van der Waals surface area contributed by atoms with Gasteiger partial charge in [0.05, 0.1) is 13.0 Å². The molecule has 0 aliphatic rings. The first-order chi connectivity index (χ1) is 10.5. The van der Waals surface area contributed by atoms with Crippen molar-refractivity contribution in [2.45, 2.75) is 37.8 Å². The summed E-state index contributed by atoms with van der Waals surface area (Å²) in [6, 6.07) is 0. The maximum atomic E-state index is 11.9. The molecule has 0 aromatic heterocycles. The van der Waals surface area contributed by atoms with Crippen LogP contribution in [0.15, 0.2) is 0 Å². The van der Waals surface area contributed by atoms with Gasteiger partial charge in [0.15, 0.2) is 5.78 Å². The van der Waals surface area contributed by atoms with Gasteiger partial charge in [-0.15, -0.1) is 0 Å². The van der Waals surface area contributed by atoms with Crippen LogP contribution in [0.4, 0.5) is 0 Å². The minimum Gasteiger partial charge on any atom is -0.481 e. The van der Waals surface area contributed by atoms with Crippen molar-refractivity contribution in [1.29, 1.82) is 0 Å². The van der Waals surface area contributed by atoms with Crippen molar-refractivity contribution in [3.05, 3.63) is 0 Å². The molecule has 5 atom stereocenters. The van der Waals surface area contributed by atoms with E-state index in [0.717, 1.165) is 6.92 Å². The van der Waals surface area contributed by atoms with Crippen LogP contribution in [0.2, 0.25) is 0 Å². The second kappa shape index (κ2) is 9.27. The van der Waals surface area contributed by atoms with Crippen LogP contribution in [-0.2, 0) is 23.9 Å². The van der Waals surface area contributed by atoms with E-state index in [1.165, 1.54) is 0 Å². The van der Waals surface area contributed by atoms with E-state index in [-0.39, 0.29) is 0 Å². The molecule has 0 aliphatic carbocycles. The Bertz CT molecular complexity index is 460. The number of aliphatic hydroxyl groups excluding tert-OH is 5. The van der Waals surface area contributed by atoms with Gasteiger partial charge >= 0.3 is 17.9 Å². The number of hydrogen-bond acceptors (Lipinski definition) is 10. The zero-order valence-corrected chi connectivity index (χ0v) is 12.0. The molecule has 0 aromatic rings. The Hall–Kier alpha value is -1.92. The monoisotopic (exact) mass is 338 g/mol. The smallest absolute Gasteiger partial charge is 0.324 e. The lowest BCUT2D eigenvalue weighted by molar-refractivity contribution is -0.169. The highest BCUT2D eigenvalue weighted by Gasteiger charge is 2.41. The summed E-state index contributed by atoms with van der Waals surface area (Å²) < 4.78 is 4.09. The number of hydrogen-bond donors (Lipinski definition) is 6. The molecule has 6 N–H and O–H groups in total. The minimum atomic E-state index is -2.46. The number of aliphatic hydroxyl groups is 5. The predicted molar refractivity (Wildman–Crippen MR) is 68.6 cm³/mol. The standard InChI is InChI=1S/C12H18O11/c1-4(14)23-12(22)5(2-7(16)17)8(18)10(20)11(21)9(19)6(15)3-13/h5-6,9-11,13,15,19-21H,2-3H2,1H3,(H,16,17)/t5?,6-,9-,10+,11+/m1/s1. The molecule has 0 heterocycles. The number of rotatable bonds is 9. The number of ketones is 1. The van der Waals surface area contributed by atoms with E-state index in [1.807, 2.05) is 0 Å². The summed E-state index contributed by atoms with van der Waals surface area (Å²) in [6.07, 6.45) is -9.95. The molecule has 0 bridgehead atoms. The van der Waals surface area contributed by atoms with Gasteiger partial charge in [-0.1, -0.05) is 0 Å². The summed E-state index contributed by atoms with van der Waals surface area (Å²) in [6.45, 7) is -0.170. The first kappa shape index (κ1) is 21.1. The number of ether oxygens (including phenoxy) is 1. The van der Waals surface area contributed by atoms with E-state index in [0.29, 0.717) is 0 Å². The van der Waals surface area contributed by atoms with E-state index < -0.39 is 67.1 Å². The Morgan fingerprint density at radius 1 is 1.00 bits per heavy atom. The molecule has 0 spiro atoms. The summed E-state index contributed by atoms with van der Waals surface area (Å²) in [4.78, 5) is 44.8. The molecule has 0 fully saturated rings. The lowest BCUT2D eigenvalue weighted by atomic mass is 9.91. The number of carbonyl (C=O) groups is 4. The number of esters is 2. The molecule has 0 rings (SSSR count). The van der Waals surface area contributed by atoms with E-state index in [1.54, 1.807) is 0 Å². The summed E-state index contributed by atoms with van der Waals surface area (Å²) in [5, 5.41) is 55.0. The maximum Gasteiger partial charge on any atom is 0.324 e. The van der Waals surface area contributed by atoms with Crippen LogP contribution in [0, 0.1) is 5.92 Å². The highest BCUT2D eigenvalue weighted by molar-refractivity contribution is 6.05. The van der Waals surface area contributed by atoms with Gasteiger partial charge in [0.2, 0.25) is 0 Å². The van der Waals surface area contributed by atoms with Gasteiger partial charge < -0.3 is 35.4 Å². The number of carbonyl (C=O) groups excluding carboxylic acids is 3. The van der Waals surface area contributed by atoms with Crippen LogP contribution in [0.3, 0.4) is 0 Å². The van der Waals surface area contributed by atoms with E-state index in [9.17, 15) is 34.5 Å². The second-order valence-corrected chi connectivity index (χ2v) is 4.64. The number of carboxylic acid groups (broad SMARTS) is 1. The van der Waals surface area contributed by atoms with Crippen LogP contribution in [0.5, 0.6) is 0 Å². The third kappa shape index (κ3) is 6.38. The van der Waals surface area contributed by atoms with Crippen molar-refractivity contribution in [3.8, 4) is 0 Å². The number of carboxylic acids is 1. The first-order valence-electron chi connectivity index (χ1n) is 6.33. The lowest BCUT2D eigenvalue weighted by Crippen LogP contribution is -2.51. The Morgan fingerprint density at radius 2 is 1.52 bits per heavy atom. The lowest BCUT2D eigenvalue weighted by Gasteiger charge is -2.26. The highest BCUT2D eigenvalue weighted by Crippen LogP contribution is 2.15. The van der Waals surface area contributed by atoms with Crippen molar-refractivity contribution in [1.82, 2.24) is 0 Å². The van der Waals surface area contributed by atoms with E-state index in [2.05, 4.69) is 4.74 Å². The average molecular weight is 338 g/mol. The van der Waals surface area contributed by atoms with Crippen molar-refractivity contribution >= 4 is 23.7 Å². The normalized spacial score (nSPS) is 17.5. The molecular weight excluding hydrogens is 320 g/mol. The predicted octanol–water partition coefficient (Wildman–Crippen LogP) is -3.83. The summed E-state index contributed by atoms with van der Waals surface area (Å²) in [7, 11) is 0. The zero-order chi connectivity index (χ0) is 18.3. The molecule has 0 saturated carbocycles. The van der Waals surface area contributed by atoms with Crippen molar-refractivity contribution in [2.75, 3.05) is 6.61 Å². The Kier molecular flexibility index (Phi) is 8.50. The SMILES string of the molecule is CC(=O)OC(=O)C(CC(=O)O)C(=O)[C@H](O)[C@@H](O)[C@H](O)[C@H](O)CO. The first-order valence-corrected chi connectivity index (χ1v) is 6.33. The molecule has 0 aromatic carbocycles. The quantitative estimate of drug-likeness (QED) is 0.178. The molecular formula is C12H18O11. The Labute approximate surface area is 129 Å². The summed E-state index contributed by atoms with van der Waals surface area (Å²) >= 11 is 0. The maximum absolute atomic E-state index is 11.9. The average Bonchev–Trinajstić information content (AvgIpc) is 2.47. The van der Waals surface area contributed by atoms with Crippen molar-refractivity contribution < 1.29 is 54.6 Å². The topological polar surface area (TPSA) is 199 Å². The second-order valence-electron chi connectivity index (χ2n) is 4.64. The van der Waals surface area contributed by atoms with Gasteiger partial charge in [-0.25, -0.2) is 0 Å². The van der Waals surface area contributed by atoms with Crippen LogP contribution >= 0.6 is 0 Å². The van der Waals surface area contributed by atoms with Gasteiger partial charge in [-0.2, -0.15) is 0 Å². The fourth-order valence-electron chi connectivity index (χ4n) is 1.58. The molecule has 132 valence electrons. The molecule has 11 heteroatoms. The third-order valence-electron chi connectivity index (χ3n) is 2.80. The zero-order valence-electron chi connectivity index (χ0n) is 12.0. The molecule has 0 amide bonds. The molecule has 0 saturated heterocycles. The number of aliphatic carboxylic acids is 1. The Balaban J connectivity index is 5.23.